The number of nitrogens with zero attached hydrogens (tertiary/aromatic N) is 2. The molecule has 29 heavy (non-hydrogen) atoms. The van der Waals surface area contributed by atoms with Crippen LogP contribution in [0.2, 0.25) is 0 Å². The lowest BCUT2D eigenvalue weighted by molar-refractivity contribution is -0.138. The van der Waals surface area contributed by atoms with E-state index in [1.807, 2.05) is 0 Å². The smallest absolute Gasteiger partial charge is 0.419 e. The van der Waals surface area contributed by atoms with Crippen LogP contribution in [0.15, 0.2) is 77.4 Å². The van der Waals surface area contributed by atoms with E-state index < -0.39 is 27.0 Å². The molecule has 2 aromatic rings. The Kier molecular flexibility index (Phi) is 4.70. The fourth-order valence-electron chi connectivity index (χ4n) is 3.12. The topological polar surface area (TPSA) is 59.0 Å². The summed E-state index contributed by atoms with van der Waals surface area (Å²) in [4.78, 5) is 1.73. The fraction of sp³-hybridized carbons (Fsp3) is 0.150. The Bertz CT molecular complexity index is 1120. The van der Waals surface area contributed by atoms with Gasteiger partial charge in [-0.1, -0.05) is 30.3 Å². The Hall–Kier alpha value is -3.07. The van der Waals surface area contributed by atoms with E-state index in [1.54, 1.807) is 29.3 Å². The van der Waals surface area contributed by atoms with Gasteiger partial charge in [0, 0.05) is 12.7 Å². The van der Waals surface area contributed by atoms with E-state index in [9.17, 15) is 21.6 Å². The number of hydrogen-bond acceptors (Lipinski definition) is 4. The van der Waals surface area contributed by atoms with E-state index in [1.165, 1.54) is 42.5 Å². The van der Waals surface area contributed by atoms with Gasteiger partial charge in [0.05, 0.1) is 5.56 Å². The SMILES string of the molecule is O=S1(=O)N=C2C=CC=CN2CC1c1ccc(Oc2ccccc2C(F)(F)F)cc1. The minimum Gasteiger partial charge on any atom is -0.457 e. The number of fused-ring (bicyclic) bond motifs is 1. The zero-order valence-corrected chi connectivity index (χ0v) is 15.7. The van der Waals surface area contributed by atoms with Crippen molar-refractivity contribution in [3.63, 3.8) is 0 Å². The summed E-state index contributed by atoms with van der Waals surface area (Å²) in [5.74, 6) is 0.202. The van der Waals surface area contributed by atoms with E-state index >= 15 is 0 Å². The van der Waals surface area contributed by atoms with Crippen molar-refractivity contribution >= 4 is 15.9 Å². The summed E-state index contributed by atoms with van der Waals surface area (Å²) in [6.45, 7) is 0.194. The van der Waals surface area contributed by atoms with Gasteiger partial charge < -0.3 is 9.64 Å². The summed E-state index contributed by atoms with van der Waals surface area (Å²) in [6.07, 6.45) is 2.30. The van der Waals surface area contributed by atoms with Crippen LogP contribution in [0.5, 0.6) is 11.5 Å². The standard InChI is InChI=1S/C20H15F3N2O3S/c21-20(22,23)16-5-1-2-6-17(16)28-15-10-8-14(9-11-15)18-13-25-12-4-3-7-19(25)24-29(18,26)27/h1-12,18H,13H2. The molecule has 0 N–H and O–H groups in total. The molecule has 2 heterocycles. The van der Waals surface area contributed by atoms with Crippen LogP contribution in [0.4, 0.5) is 13.2 Å². The molecule has 0 radical (unpaired) electrons. The van der Waals surface area contributed by atoms with Crippen LogP contribution in [0.3, 0.4) is 0 Å². The lowest BCUT2D eigenvalue weighted by Gasteiger charge is -2.31. The highest BCUT2D eigenvalue weighted by Gasteiger charge is 2.35. The monoisotopic (exact) mass is 420 g/mol. The van der Waals surface area contributed by atoms with E-state index in [0.29, 0.717) is 11.4 Å². The predicted molar refractivity (Wildman–Crippen MR) is 102 cm³/mol. The molecule has 0 fully saturated rings. The quantitative estimate of drug-likeness (QED) is 0.724. The second kappa shape index (κ2) is 7.07. The molecule has 0 amide bonds. The van der Waals surface area contributed by atoms with Crippen molar-refractivity contribution in [3.05, 3.63) is 84.1 Å². The number of alkyl halides is 3. The molecule has 0 saturated carbocycles. The van der Waals surface area contributed by atoms with Gasteiger partial charge in [-0.3, -0.25) is 0 Å². The fourth-order valence-corrected chi connectivity index (χ4v) is 4.52. The minimum absolute atomic E-state index is 0.170. The van der Waals surface area contributed by atoms with Crippen molar-refractivity contribution in [1.29, 1.82) is 0 Å². The van der Waals surface area contributed by atoms with Gasteiger partial charge in [-0.2, -0.15) is 13.2 Å². The van der Waals surface area contributed by atoms with Gasteiger partial charge in [0.2, 0.25) is 0 Å². The Morgan fingerprint density at radius 2 is 1.76 bits per heavy atom. The van der Waals surface area contributed by atoms with E-state index in [-0.39, 0.29) is 18.0 Å². The first-order valence-corrected chi connectivity index (χ1v) is 10.1. The number of allylic oxidation sites excluding steroid dienone is 2. The second-order valence-electron chi connectivity index (χ2n) is 6.47. The lowest BCUT2D eigenvalue weighted by atomic mass is 10.1. The molecule has 2 aliphatic heterocycles. The minimum atomic E-state index is -4.54. The van der Waals surface area contributed by atoms with Crippen molar-refractivity contribution in [2.24, 2.45) is 4.40 Å². The second-order valence-corrected chi connectivity index (χ2v) is 8.25. The van der Waals surface area contributed by atoms with Gasteiger partial charge in [-0.05, 0) is 42.0 Å². The third-order valence-corrected chi connectivity index (χ3v) is 6.11. The number of ether oxygens (including phenoxy) is 1. The molecule has 5 nitrogen and oxygen atoms in total. The van der Waals surface area contributed by atoms with Crippen LogP contribution >= 0.6 is 0 Å². The first-order valence-electron chi connectivity index (χ1n) is 8.63. The van der Waals surface area contributed by atoms with Crippen LogP contribution in [0.25, 0.3) is 0 Å². The zero-order chi connectivity index (χ0) is 20.6. The highest BCUT2D eigenvalue weighted by molar-refractivity contribution is 7.90. The number of benzene rings is 2. The highest BCUT2D eigenvalue weighted by atomic mass is 32.2. The molecule has 0 saturated heterocycles. The first kappa shape index (κ1) is 19.3. The molecule has 0 aromatic heterocycles. The van der Waals surface area contributed by atoms with Crippen molar-refractivity contribution in [2.45, 2.75) is 11.4 Å². The Morgan fingerprint density at radius 1 is 1.03 bits per heavy atom. The van der Waals surface area contributed by atoms with E-state index in [0.717, 1.165) is 6.07 Å². The normalized spacial score (nSPS) is 20.2. The number of sulfonamides is 1. The van der Waals surface area contributed by atoms with Crippen LogP contribution in [-0.4, -0.2) is 25.7 Å². The van der Waals surface area contributed by atoms with Crippen molar-refractivity contribution < 1.29 is 26.3 Å². The molecule has 9 heteroatoms. The van der Waals surface area contributed by atoms with Crippen molar-refractivity contribution in [1.82, 2.24) is 4.90 Å². The summed E-state index contributed by atoms with van der Waals surface area (Å²) in [6, 6.07) is 10.8. The number of amidine groups is 1. The number of hydrogen-bond donors (Lipinski definition) is 0. The molecule has 2 aromatic carbocycles. The number of para-hydroxylation sites is 1. The van der Waals surface area contributed by atoms with Crippen LogP contribution in [-0.2, 0) is 16.2 Å². The molecule has 0 spiro atoms. The molecular weight excluding hydrogens is 405 g/mol. The van der Waals surface area contributed by atoms with Gasteiger partial charge in [-0.15, -0.1) is 4.40 Å². The molecule has 4 rings (SSSR count). The van der Waals surface area contributed by atoms with Gasteiger partial charge in [0.25, 0.3) is 10.0 Å². The molecule has 2 aliphatic rings. The highest BCUT2D eigenvalue weighted by Crippen LogP contribution is 2.38. The van der Waals surface area contributed by atoms with E-state index in [4.69, 9.17) is 4.74 Å². The third-order valence-electron chi connectivity index (χ3n) is 4.53. The van der Waals surface area contributed by atoms with Crippen molar-refractivity contribution in [2.75, 3.05) is 6.54 Å². The van der Waals surface area contributed by atoms with Crippen molar-refractivity contribution in [3.8, 4) is 11.5 Å². The predicted octanol–water partition coefficient (Wildman–Crippen LogP) is 4.67. The largest absolute Gasteiger partial charge is 0.457 e. The summed E-state index contributed by atoms with van der Waals surface area (Å²) >= 11 is 0. The molecule has 150 valence electrons. The average molecular weight is 420 g/mol. The molecule has 1 atom stereocenters. The zero-order valence-electron chi connectivity index (χ0n) is 14.9. The summed E-state index contributed by atoms with van der Waals surface area (Å²) in [5, 5.41) is -0.890. The van der Waals surface area contributed by atoms with Crippen LogP contribution < -0.4 is 4.74 Å². The Morgan fingerprint density at radius 3 is 2.48 bits per heavy atom. The maximum atomic E-state index is 13.1. The summed E-state index contributed by atoms with van der Waals surface area (Å²) in [5.41, 5.74) is -0.405. The first-order chi connectivity index (χ1) is 13.7. The lowest BCUT2D eigenvalue weighted by Crippen LogP contribution is -2.38. The van der Waals surface area contributed by atoms with Gasteiger partial charge >= 0.3 is 6.18 Å². The number of halogens is 3. The third kappa shape index (κ3) is 3.91. The maximum absolute atomic E-state index is 13.1. The Balaban J connectivity index is 1.59. The van der Waals surface area contributed by atoms with Gasteiger partial charge in [0.15, 0.2) is 0 Å². The van der Waals surface area contributed by atoms with Gasteiger partial charge in [-0.25, -0.2) is 8.42 Å². The molecule has 0 aliphatic carbocycles. The summed E-state index contributed by atoms with van der Waals surface area (Å²) < 4.78 is 73.6. The number of rotatable bonds is 3. The summed E-state index contributed by atoms with van der Waals surface area (Å²) in [7, 11) is -3.77. The Labute approximate surface area is 165 Å². The molecular formula is C20H15F3N2O3S. The molecule has 1 unspecified atom stereocenters. The van der Waals surface area contributed by atoms with E-state index in [2.05, 4.69) is 4.40 Å². The molecule has 0 bridgehead atoms. The van der Waals surface area contributed by atoms with Crippen LogP contribution in [0, 0.1) is 0 Å². The van der Waals surface area contributed by atoms with Gasteiger partial charge in [0.1, 0.15) is 22.6 Å². The van der Waals surface area contributed by atoms with Crippen LogP contribution in [0.1, 0.15) is 16.4 Å². The average Bonchev–Trinajstić information content (AvgIpc) is 2.67. The maximum Gasteiger partial charge on any atom is 0.419 e.